The smallest absolute Gasteiger partial charge is 0.258 e. The number of rotatable bonds is 4. The van der Waals surface area contributed by atoms with E-state index in [0.717, 1.165) is 33.3 Å². The summed E-state index contributed by atoms with van der Waals surface area (Å²) in [4.78, 5) is 30.9. The van der Waals surface area contributed by atoms with Crippen LogP contribution in [0, 0.1) is 20.8 Å². The van der Waals surface area contributed by atoms with Gasteiger partial charge in [0.1, 0.15) is 0 Å². The second-order valence-electron chi connectivity index (χ2n) is 7.69. The lowest BCUT2D eigenvalue weighted by atomic mass is 10.0. The van der Waals surface area contributed by atoms with Crippen LogP contribution in [0.15, 0.2) is 77.6 Å². The average Bonchev–Trinajstić information content (AvgIpc) is 2.74. The van der Waals surface area contributed by atoms with Gasteiger partial charge in [-0.05, 0) is 67.6 Å². The summed E-state index contributed by atoms with van der Waals surface area (Å²) in [6, 6.07) is 23.0. The molecule has 4 aromatic rings. The van der Waals surface area contributed by atoms with Gasteiger partial charge in [-0.15, -0.1) is 0 Å². The van der Waals surface area contributed by atoms with Crippen molar-refractivity contribution in [3.63, 3.8) is 0 Å². The minimum Gasteiger partial charge on any atom is -0.322 e. The van der Waals surface area contributed by atoms with Crippen molar-refractivity contribution in [3.8, 4) is 0 Å². The summed E-state index contributed by atoms with van der Waals surface area (Å²) in [6.07, 6.45) is 0. The summed E-state index contributed by atoms with van der Waals surface area (Å²) in [5, 5.41) is 0.941. The third-order valence-electron chi connectivity index (χ3n) is 5.57. The molecule has 0 fully saturated rings. The minimum atomic E-state index is -0.180. The number of amides is 1. The lowest BCUT2D eigenvalue weighted by Crippen LogP contribution is -2.33. The number of benzene rings is 3. The molecule has 1 N–H and O–H groups in total. The third kappa shape index (κ3) is 3.77. The van der Waals surface area contributed by atoms with Crippen LogP contribution in [-0.4, -0.2) is 10.9 Å². The molecule has 0 saturated carbocycles. The standard InChI is InChI=1S/C26H24N2O2/c1-17-11-13-20(14-12-17)26(30)28(24-10-6-7-18(2)19(24)3)16-22-15-21-8-4-5-9-23(21)27-25(22)29/h4-15H,16H2,1-3H3,(H,27,29). The number of hydrogen-bond acceptors (Lipinski definition) is 2. The first-order valence-electron chi connectivity index (χ1n) is 10.00. The van der Waals surface area contributed by atoms with Gasteiger partial charge in [-0.3, -0.25) is 9.59 Å². The maximum atomic E-state index is 13.5. The molecule has 150 valence electrons. The molecule has 0 bridgehead atoms. The number of hydrogen-bond donors (Lipinski definition) is 1. The molecule has 0 radical (unpaired) electrons. The molecule has 3 aromatic carbocycles. The Kier molecular flexibility index (Phi) is 5.23. The summed E-state index contributed by atoms with van der Waals surface area (Å²) >= 11 is 0. The van der Waals surface area contributed by atoms with Crippen LogP contribution in [0.1, 0.15) is 32.6 Å². The summed E-state index contributed by atoms with van der Waals surface area (Å²) in [6.45, 7) is 6.21. The Morgan fingerprint density at radius 1 is 0.900 bits per heavy atom. The van der Waals surface area contributed by atoms with E-state index in [0.29, 0.717) is 11.1 Å². The number of H-pyrrole nitrogens is 1. The van der Waals surface area contributed by atoms with Gasteiger partial charge in [0.2, 0.25) is 0 Å². The van der Waals surface area contributed by atoms with Crippen molar-refractivity contribution in [1.29, 1.82) is 0 Å². The van der Waals surface area contributed by atoms with Crippen LogP contribution in [-0.2, 0) is 6.54 Å². The molecular weight excluding hydrogens is 372 g/mol. The van der Waals surface area contributed by atoms with Crippen LogP contribution < -0.4 is 10.5 Å². The normalized spacial score (nSPS) is 10.9. The molecule has 4 rings (SSSR count). The van der Waals surface area contributed by atoms with E-state index in [1.807, 2.05) is 93.6 Å². The molecule has 0 saturated heterocycles. The first-order chi connectivity index (χ1) is 14.4. The number of pyridine rings is 1. The fourth-order valence-corrected chi connectivity index (χ4v) is 3.63. The number of carbonyl (C=O) groups is 1. The predicted molar refractivity (Wildman–Crippen MR) is 122 cm³/mol. The molecule has 4 heteroatoms. The molecule has 1 aromatic heterocycles. The van der Waals surface area contributed by atoms with E-state index in [-0.39, 0.29) is 18.0 Å². The number of aromatic amines is 1. The van der Waals surface area contributed by atoms with Crippen LogP contribution in [0.5, 0.6) is 0 Å². The Morgan fingerprint density at radius 2 is 1.63 bits per heavy atom. The number of aromatic nitrogens is 1. The van der Waals surface area contributed by atoms with Gasteiger partial charge >= 0.3 is 0 Å². The van der Waals surface area contributed by atoms with Crippen LogP contribution in [0.25, 0.3) is 10.9 Å². The van der Waals surface area contributed by atoms with Crippen molar-refractivity contribution in [1.82, 2.24) is 4.98 Å². The number of aryl methyl sites for hydroxylation is 2. The third-order valence-corrected chi connectivity index (χ3v) is 5.57. The van der Waals surface area contributed by atoms with Crippen molar-refractivity contribution in [2.45, 2.75) is 27.3 Å². The number of para-hydroxylation sites is 1. The Bertz CT molecular complexity index is 1290. The van der Waals surface area contributed by atoms with Gasteiger partial charge in [0.05, 0.1) is 6.54 Å². The van der Waals surface area contributed by atoms with Crippen molar-refractivity contribution in [2.75, 3.05) is 4.90 Å². The maximum Gasteiger partial charge on any atom is 0.258 e. The van der Waals surface area contributed by atoms with E-state index in [4.69, 9.17) is 0 Å². The second kappa shape index (κ2) is 7.99. The largest absolute Gasteiger partial charge is 0.322 e. The Labute approximate surface area is 175 Å². The second-order valence-corrected chi connectivity index (χ2v) is 7.69. The highest BCUT2D eigenvalue weighted by atomic mass is 16.2. The summed E-state index contributed by atoms with van der Waals surface area (Å²) in [7, 11) is 0. The number of anilines is 1. The SMILES string of the molecule is Cc1ccc(C(=O)N(Cc2cc3ccccc3[nH]c2=O)c2cccc(C)c2C)cc1. The molecule has 30 heavy (non-hydrogen) atoms. The summed E-state index contributed by atoms with van der Waals surface area (Å²) < 4.78 is 0. The fourth-order valence-electron chi connectivity index (χ4n) is 3.63. The average molecular weight is 396 g/mol. The highest BCUT2D eigenvalue weighted by molar-refractivity contribution is 6.06. The van der Waals surface area contributed by atoms with Crippen molar-refractivity contribution in [3.05, 3.63) is 111 Å². The molecule has 0 aliphatic rings. The molecule has 1 amide bonds. The lowest BCUT2D eigenvalue weighted by Gasteiger charge is -2.25. The monoisotopic (exact) mass is 396 g/mol. The fraction of sp³-hybridized carbons (Fsp3) is 0.154. The first-order valence-corrected chi connectivity index (χ1v) is 10.00. The van der Waals surface area contributed by atoms with Crippen LogP contribution >= 0.6 is 0 Å². The topological polar surface area (TPSA) is 53.2 Å². The van der Waals surface area contributed by atoms with Crippen molar-refractivity contribution < 1.29 is 4.79 Å². The summed E-state index contributed by atoms with van der Waals surface area (Å²) in [5.74, 6) is -0.128. The van der Waals surface area contributed by atoms with Crippen molar-refractivity contribution in [2.24, 2.45) is 0 Å². The predicted octanol–water partition coefficient (Wildman–Crippen LogP) is 5.30. The lowest BCUT2D eigenvalue weighted by molar-refractivity contribution is 0.0985. The van der Waals surface area contributed by atoms with Crippen molar-refractivity contribution >= 4 is 22.5 Å². The van der Waals surface area contributed by atoms with Gasteiger partial charge in [0.15, 0.2) is 0 Å². The van der Waals surface area contributed by atoms with E-state index in [2.05, 4.69) is 4.98 Å². The van der Waals surface area contributed by atoms with E-state index in [1.165, 1.54) is 0 Å². The number of fused-ring (bicyclic) bond motifs is 1. The van der Waals surface area contributed by atoms with E-state index >= 15 is 0 Å². The molecule has 0 atom stereocenters. The summed E-state index contributed by atoms with van der Waals surface area (Å²) in [5.41, 5.74) is 5.78. The van der Waals surface area contributed by atoms with Crippen LogP contribution in [0.2, 0.25) is 0 Å². The number of nitrogens with one attached hydrogen (secondary N) is 1. The highest BCUT2D eigenvalue weighted by Crippen LogP contribution is 2.26. The van der Waals surface area contributed by atoms with E-state index in [1.54, 1.807) is 4.90 Å². The quantitative estimate of drug-likeness (QED) is 0.509. The zero-order valence-corrected chi connectivity index (χ0v) is 17.4. The highest BCUT2D eigenvalue weighted by Gasteiger charge is 2.21. The van der Waals surface area contributed by atoms with Crippen LogP contribution in [0.3, 0.4) is 0 Å². The molecule has 0 unspecified atom stereocenters. The van der Waals surface area contributed by atoms with Gasteiger partial charge < -0.3 is 9.88 Å². The van der Waals surface area contributed by atoms with Gasteiger partial charge in [0, 0.05) is 22.3 Å². The Hall–Kier alpha value is -3.66. The molecule has 0 aliphatic heterocycles. The van der Waals surface area contributed by atoms with Gasteiger partial charge in [0.25, 0.3) is 11.5 Å². The van der Waals surface area contributed by atoms with E-state index in [9.17, 15) is 9.59 Å². The zero-order valence-electron chi connectivity index (χ0n) is 17.4. The molecular formula is C26H24N2O2. The molecule has 4 nitrogen and oxygen atoms in total. The van der Waals surface area contributed by atoms with Gasteiger partial charge in [-0.1, -0.05) is 48.0 Å². The molecule has 0 aliphatic carbocycles. The minimum absolute atomic E-state index is 0.128. The maximum absolute atomic E-state index is 13.5. The van der Waals surface area contributed by atoms with Crippen LogP contribution in [0.4, 0.5) is 5.69 Å². The van der Waals surface area contributed by atoms with E-state index < -0.39 is 0 Å². The van der Waals surface area contributed by atoms with Gasteiger partial charge in [-0.2, -0.15) is 0 Å². The first kappa shape index (κ1) is 19.6. The molecule has 0 spiro atoms. The molecule has 1 heterocycles. The Balaban J connectivity index is 1.82. The number of nitrogens with zero attached hydrogens (tertiary/aromatic N) is 1. The number of carbonyl (C=O) groups excluding carboxylic acids is 1. The Morgan fingerprint density at radius 3 is 2.40 bits per heavy atom. The zero-order chi connectivity index (χ0) is 21.3. The van der Waals surface area contributed by atoms with Gasteiger partial charge in [-0.25, -0.2) is 0 Å².